The number of nitrogens with two attached hydrogens (primary N) is 2. The van der Waals surface area contributed by atoms with Crippen molar-refractivity contribution >= 4 is 17.3 Å². The summed E-state index contributed by atoms with van der Waals surface area (Å²) in [5, 5.41) is 10.7. The van der Waals surface area contributed by atoms with Gasteiger partial charge in [0, 0.05) is 30.4 Å². The third-order valence-corrected chi connectivity index (χ3v) is 2.80. The summed E-state index contributed by atoms with van der Waals surface area (Å²) < 4.78 is 0. The minimum atomic E-state index is -0.475. The lowest BCUT2D eigenvalue weighted by Gasteiger charge is -2.25. The van der Waals surface area contributed by atoms with Gasteiger partial charge in [-0.3, -0.25) is 19.8 Å². The van der Waals surface area contributed by atoms with E-state index in [4.69, 9.17) is 11.5 Å². The number of benzene rings is 1. The second-order valence-electron chi connectivity index (χ2n) is 4.61. The maximum Gasteiger partial charge on any atom is 0.269 e. The van der Waals surface area contributed by atoms with Gasteiger partial charge in [0.25, 0.3) is 5.69 Å². The van der Waals surface area contributed by atoms with Crippen molar-refractivity contribution in [3.63, 3.8) is 0 Å². The van der Waals surface area contributed by atoms with Crippen LogP contribution in [-0.4, -0.2) is 28.3 Å². The van der Waals surface area contributed by atoms with Gasteiger partial charge in [-0.25, -0.2) is 0 Å². The molecule has 0 aliphatic carbocycles. The molecule has 19 heavy (non-hydrogen) atoms. The highest BCUT2D eigenvalue weighted by molar-refractivity contribution is 5.76. The van der Waals surface area contributed by atoms with Gasteiger partial charge >= 0.3 is 0 Å². The summed E-state index contributed by atoms with van der Waals surface area (Å²) >= 11 is 0. The zero-order valence-corrected chi connectivity index (χ0v) is 11.0. The Morgan fingerprint density at radius 2 is 2.11 bits per heavy atom. The Hall–Kier alpha value is -2.15. The van der Waals surface area contributed by atoms with Crippen molar-refractivity contribution in [3.8, 4) is 0 Å². The Bertz CT molecular complexity index is 488. The molecule has 7 heteroatoms. The van der Waals surface area contributed by atoms with E-state index >= 15 is 0 Å². The first-order valence-corrected chi connectivity index (χ1v) is 5.86. The van der Waals surface area contributed by atoms with E-state index in [-0.39, 0.29) is 18.3 Å². The molecule has 4 N–H and O–H groups in total. The molecule has 0 aromatic heterocycles. The standard InChI is InChI=1S/C12H18N4O3/c1-8(2)15(7-12(14)17)6-9-5-10(16(18)19)3-4-11(9)13/h3-5,8H,6-7,13H2,1-2H3,(H2,14,17). The molecule has 1 aromatic rings. The fourth-order valence-corrected chi connectivity index (χ4v) is 1.68. The van der Waals surface area contributed by atoms with Crippen molar-refractivity contribution in [1.82, 2.24) is 4.90 Å². The van der Waals surface area contributed by atoms with Crippen LogP contribution in [0.15, 0.2) is 18.2 Å². The van der Waals surface area contributed by atoms with Crippen molar-refractivity contribution < 1.29 is 9.72 Å². The monoisotopic (exact) mass is 266 g/mol. The average molecular weight is 266 g/mol. The number of hydrogen-bond donors (Lipinski definition) is 2. The van der Waals surface area contributed by atoms with E-state index in [2.05, 4.69) is 0 Å². The SMILES string of the molecule is CC(C)N(CC(N)=O)Cc1cc([N+](=O)[O-])ccc1N. The molecule has 0 fully saturated rings. The van der Waals surface area contributed by atoms with Crippen molar-refractivity contribution in [2.45, 2.75) is 26.4 Å². The summed E-state index contributed by atoms with van der Waals surface area (Å²) in [6, 6.07) is 4.35. The van der Waals surface area contributed by atoms with E-state index < -0.39 is 10.8 Å². The molecule has 0 heterocycles. The molecule has 0 atom stereocenters. The van der Waals surface area contributed by atoms with Gasteiger partial charge in [0.2, 0.25) is 5.91 Å². The highest BCUT2D eigenvalue weighted by Gasteiger charge is 2.16. The molecule has 0 spiro atoms. The largest absolute Gasteiger partial charge is 0.398 e. The van der Waals surface area contributed by atoms with E-state index in [0.717, 1.165) is 0 Å². The van der Waals surface area contributed by atoms with Crippen LogP contribution < -0.4 is 11.5 Å². The fourth-order valence-electron chi connectivity index (χ4n) is 1.68. The van der Waals surface area contributed by atoms with Crippen LogP contribution in [0, 0.1) is 10.1 Å². The molecule has 1 rings (SSSR count). The molecule has 0 aliphatic rings. The van der Waals surface area contributed by atoms with Crippen LogP contribution in [0.4, 0.5) is 11.4 Å². The highest BCUT2D eigenvalue weighted by Crippen LogP contribution is 2.21. The number of rotatable bonds is 6. The van der Waals surface area contributed by atoms with E-state index in [9.17, 15) is 14.9 Å². The Balaban J connectivity index is 2.98. The van der Waals surface area contributed by atoms with Crippen LogP contribution in [0.1, 0.15) is 19.4 Å². The van der Waals surface area contributed by atoms with Crippen molar-refractivity contribution in [3.05, 3.63) is 33.9 Å². The van der Waals surface area contributed by atoms with Gasteiger partial charge in [0.1, 0.15) is 0 Å². The molecule has 1 aromatic carbocycles. The van der Waals surface area contributed by atoms with Crippen LogP contribution in [0.5, 0.6) is 0 Å². The summed E-state index contributed by atoms with van der Waals surface area (Å²) in [4.78, 5) is 23.1. The van der Waals surface area contributed by atoms with Gasteiger partial charge in [-0.15, -0.1) is 0 Å². The quantitative estimate of drug-likeness (QED) is 0.450. The van der Waals surface area contributed by atoms with Gasteiger partial charge in [-0.1, -0.05) is 0 Å². The second-order valence-corrected chi connectivity index (χ2v) is 4.61. The lowest BCUT2D eigenvalue weighted by molar-refractivity contribution is -0.384. The van der Waals surface area contributed by atoms with Crippen LogP contribution in [0.3, 0.4) is 0 Å². The van der Waals surface area contributed by atoms with E-state index in [0.29, 0.717) is 17.8 Å². The predicted octanol–water partition coefficient (Wildman–Crippen LogP) is 0.873. The number of carbonyl (C=O) groups is 1. The van der Waals surface area contributed by atoms with Gasteiger partial charge in [0.05, 0.1) is 11.5 Å². The third kappa shape index (κ3) is 4.22. The topological polar surface area (TPSA) is 115 Å². The van der Waals surface area contributed by atoms with Crippen LogP contribution in [0.25, 0.3) is 0 Å². The predicted molar refractivity (Wildman–Crippen MR) is 72.2 cm³/mol. The van der Waals surface area contributed by atoms with Gasteiger partial charge in [0.15, 0.2) is 0 Å². The van der Waals surface area contributed by atoms with Crippen molar-refractivity contribution in [1.29, 1.82) is 0 Å². The number of anilines is 1. The fraction of sp³-hybridized carbons (Fsp3) is 0.417. The summed E-state index contributed by atoms with van der Waals surface area (Å²) in [5.41, 5.74) is 12.0. The minimum absolute atomic E-state index is 0.0213. The molecular weight excluding hydrogens is 248 g/mol. The smallest absolute Gasteiger partial charge is 0.269 e. The number of primary amides is 1. The van der Waals surface area contributed by atoms with Crippen molar-refractivity contribution in [2.24, 2.45) is 5.73 Å². The Morgan fingerprint density at radius 3 is 2.58 bits per heavy atom. The van der Waals surface area contributed by atoms with Gasteiger partial charge in [-0.2, -0.15) is 0 Å². The van der Waals surface area contributed by atoms with Crippen LogP contribution in [-0.2, 0) is 11.3 Å². The first-order chi connectivity index (χ1) is 8.81. The Labute approximate surface area is 111 Å². The van der Waals surface area contributed by atoms with Crippen LogP contribution in [0.2, 0.25) is 0 Å². The summed E-state index contributed by atoms with van der Waals surface area (Å²) in [6.07, 6.45) is 0. The van der Waals surface area contributed by atoms with Crippen molar-refractivity contribution in [2.75, 3.05) is 12.3 Å². The molecule has 0 bridgehead atoms. The normalized spacial score (nSPS) is 10.9. The third-order valence-electron chi connectivity index (χ3n) is 2.80. The minimum Gasteiger partial charge on any atom is -0.398 e. The Kier molecular flexibility index (Phi) is 4.82. The van der Waals surface area contributed by atoms with E-state index in [1.807, 2.05) is 13.8 Å². The number of nitrogens with zero attached hydrogens (tertiary/aromatic N) is 2. The molecule has 7 nitrogen and oxygen atoms in total. The molecule has 0 saturated heterocycles. The highest BCUT2D eigenvalue weighted by atomic mass is 16.6. The van der Waals surface area contributed by atoms with E-state index in [1.54, 1.807) is 4.90 Å². The number of hydrogen-bond acceptors (Lipinski definition) is 5. The molecule has 0 radical (unpaired) electrons. The summed E-state index contributed by atoms with van der Waals surface area (Å²) in [5.74, 6) is -0.447. The van der Waals surface area contributed by atoms with Crippen LogP contribution >= 0.6 is 0 Å². The van der Waals surface area contributed by atoms with Gasteiger partial charge < -0.3 is 11.5 Å². The maximum absolute atomic E-state index is 11.0. The Morgan fingerprint density at radius 1 is 1.47 bits per heavy atom. The number of nitro groups is 1. The average Bonchev–Trinajstić information content (AvgIpc) is 2.29. The molecule has 1 amide bonds. The molecule has 0 aliphatic heterocycles. The molecular formula is C12H18N4O3. The zero-order valence-electron chi connectivity index (χ0n) is 11.0. The summed E-state index contributed by atoms with van der Waals surface area (Å²) in [7, 11) is 0. The number of amides is 1. The molecule has 104 valence electrons. The number of non-ortho nitro benzene ring substituents is 1. The number of nitro benzene ring substituents is 1. The lowest BCUT2D eigenvalue weighted by Crippen LogP contribution is -2.38. The van der Waals surface area contributed by atoms with Gasteiger partial charge in [-0.05, 0) is 25.5 Å². The zero-order chi connectivity index (χ0) is 14.6. The summed E-state index contributed by atoms with van der Waals surface area (Å²) in [6.45, 7) is 4.25. The second kappa shape index (κ2) is 6.14. The number of carbonyl (C=O) groups excluding carboxylic acids is 1. The first-order valence-electron chi connectivity index (χ1n) is 5.86. The van der Waals surface area contributed by atoms with E-state index in [1.165, 1.54) is 18.2 Å². The first kappa shape index (κ1) is 14.9. The molecule has 0 unspecified atom stereocenters. The maximum atomic E-state index is 11.0. The number of nitrogen functional groups attached to an aromatic ring is 1. The molecule has 0 saturated carbocycles. The lowest BCUT2D eigenvalue weighted by atomic mass is 10.1.